The van der Waals surface area contributed by atoms with Crippen LogP contribution in [0.15, 0.2) is 52.6 Å². The third kappa shape index (κ3) is 4.52. The zero-order chi connectivity index (χ0) is 20.9. The molecule has 3 aromatic heterocycles. The van der Waals surface area contributed by atoms with Gasteiger partial charge in [-0.05, 0) is 31.2 Å². The molecule has 4 rings (SSSR count). The van der Waals surface area contributed by atoms with Gasteiger partial charge < -0.3 is 14.6 Å². The number of thiazole rings is 1. The first-order valence-electron chi connectivity index (χ1n) is 9.26. The van der Waals surface area contributed by atoms with Crippen LogP contribution >= 0.6 is 11.3 Å². The quantitative estimate of drug-likeness (QED) is 0.478. The van der Waals surface area contributed by atoms with E-state index in [0.717, 1.165) is 28.1 Å². The summed E-state index contributed by atoms with van der Waals surface area (Å²) in [7, 11) is 1.63. The summed E-state index contributed by atoms with van der Waals surface area (Å²) in [5.41, 5.74) is 3.57. The lowest BCUT2D eigenvalue weighted by atomic mass is 10.1. The number of ether oxygens (including phenoxy) is 1. The second kappa shape index (κ2) is 8.83. The average molecular weight is 421 g/mol. The molecular formula is C21H19N5O3S. The Bertz CT molecular complexity index is 1160. The second-order valence-corrected chi connectivity index (χ2v) is 7.40. The van der Waals surface area contributed by atoms with Crippen molar-refractivity contribution in [1.82, 2.24) is 20.1 Å². The highest BCUT2D eigenvalue weighted by atomic mass is 32.1. The molecule has 1 amide bonds. The molecule has 1 aromatic carbocycles. The standard InChI is InChI=1S/C21H19N5O3S/c1-13-3-4-17(28-2)15(11-13)16-12-30-21(23-16)24-18(27)5-6-19-25-20(26-29-19)14-7-9-22-10-8-14/h3-4,7-12H,5-6H2,1-2H3,(H,23,24,27). The van der Waals surface area contributed by atoms with Gasteiger partial charge in [0.2, 0.25) is 17.6 Å². The minimum Gasteiger partial charge on any atom is -0.496 e. The lowest BCUT2D eigenvalue weighted by Gasteiger charge is -2.07. The van der Waals surface area contributed by atoms with Crippen molar-refractivity contribution in [2.75, 3.05) is 12.4 Å². The van der Waals surface area contributed by atoms with Gasteiger partial charge in [-0.15, -0.1) is 11.3 Å². The summed E-state index contributed by atoms with van der Waals surface area (Å²) in [5.74, 6) is 1.45. The summed E-state index contributed by atoms with van der Waals surface area (Å²) in [4.78, 5) is 25.1. The van der Waals surface area contributed by atoms with Crippen LogP contribution in [-0.2, 0) is 11.2 Å². The number of nitrogens with zero attached hydrogens (tertiary/aromatic N) is 4. The van der Waals surface area contributed by atoms with Crippen LogP contribution < -0.4 is 10.1 Å². The molecular weight excluding hydrogens is 402 g/mol. The Hall–Kier alpha value is -3.59. The summed E-state index contributed by atoms with van der Waals surface area (Å²) in [6, 6.07) is 9.49. The topological polar surface area (TPSA) is 103 Å². The van der Waals surface area contributed by atoms with Crippen LogP contribution in [0.4, 0.5) is 5.13 Å². The fourth-order valence-corrected chi connectivity index (χ4v) is 3.58. The minimum atomic E-state index is -0.171. The van der Waals surface area contributed by atoms with Crippen LogP contribution in [0.5, 0.6) is 5.75 Å². The molecule has 0 aliphatic heterocycles. The largest absolute Gasteiger partial charge is 0.496 e. The Morgan fingerprint density at radius 2 is 2.03 bits per heavy atom. The molecule has 0 atom stereocenters. The van der Waals surface area contributed by atoms with E-state index >= 15 is 0 Å². The van der Waals surface area contributed by atoms with E-state index in [1.807, 2.05) is 30.5 Å². The number of hydrogen-bond acceptors (Lipinski definition) is 8. The maximum absolute atomic E-state index is 12.3. The SMILES string of the molecule is COc1ccc(C)cc1-c1csc(NC(=O)CCc2nc(-c3ccncc3)no2)n1. The summed E-state index contributed by atoms with van der Waals surface area (Å²) < 4.78 is 10.6. The number of carbonyl (C=O) groups is 1. The zero-order valence-electron chi connectivity index (χ0n) is 16.5. The van der Waals surface area contributed by atoms with E-state index in [-0.39, 0.29) is 12.3 Å². The highest BCUT2D eigenvalue weighted by Gasteiger charge is 2.14. The minimum absolute atomic E-state index is 0.171. The van der Waals surface area contributed by atoms with Gasteiger partial charge in [0.15, 0.2) is 5.13 Å². The third-order valence-corrected chi connectivity index (χ3v) is 5.11. The molecule has 0 bridgehead atoms. The number of amides is 1. The molecule has 0 fully saturated rings. The molecule has 0 saturated carbocycles. The number of benzene rings is 1. The van der Waals surface area contributed by atoms with Crippen LogP contribution in [0.3, 0.4) is 0 Å². The van der Waals surface area contributed by atoms with Gasteiger partial charge in [-0.25, -0.2) is 4.98 Å². The van der Waals surface area contributed by atoms with Gasteiger partial charge in [0.25, 0.3) is 0 Å². The maximum Gasteiger partial charge on any atom is 0.227 e. The number of hydrogen-bond donors (Lipinski definition) is 1. The van der Waals surface area contributed by atoms with Crippen molar-refractivity contribution < 1.29 is 14.1 Å². The first-order chi connectivity index (χ1) is 14.6. The van der Waals surface area contributed by atoms with Crippen LogP contribution in [0, 0.1) is 6.92 Å². The molecule has 0 aliphatic carbocycles. The van der Waals surface area contributed by atoms with Crippen LogP contribution in [0.25, 0.3) is 22.6 Å². The van der Waals surface area contributed by atoms with E-state index in [1.54, 1.807) is 31.6 Å². The Balaban J connectivity index is 1.37. The van der Waals surface area contributed by atoms with Crippen molar-refractivity contribution in [3.05, 3.63) is 59.6 Å². The number of anilines is 1. The monoisotopic (exact) mass is 421 g/mol. The number of methoxy groups -OCH3 is 1. The number of nitrogens with one attached hydrogen (secondary N) is 1. The van der Waals surface area contributed by atoms with Crippen molar-refractivity contribution >= 4 is 22.4 Å². The molecule has 0 saturated heterocycles. The van der Waals surface area contributed by atoms with Crippen molar-refractivity contribution in [2.24, 2.45) is 0 Å². The van der Waals surface area contributed by atoms with Gasteiger partial charge in [-0.3, -0.25) is 9.78 Å². The molecule has 0 radical (unpaired) electrons. The summed E-state index contributed by atoms with van der Waals surface area (Å²) in [5, 5.41) is 9.19. The Labute approximate surface area is 177 Å². The molecule has 4 aromatic rings. The van der Waals surface area contributed by atoms with Gasteiger partial charge in [-0.1, -0.05) is 16.8 Å². The molecule has 3 heterocycles. The van der Waals surface area contributed by atoms with Gasteiger partial charge in [0.1, 0.15) is 5.75 Å². The molecule has 0 unspecified atom stereocenters. The van der Waals surface area contributed by atoms with Gasteiger partial charge in [-0.2, -0.15) is 4.98 Å². The average Bonchev–Trinajstić information content (AvgIpc) is 3.43. The summed E-state index contributed by atoms with van der Waals surface area (Å²) in [6.07, 6.45) is 3.87. The van der Waals surface area contributed by atoms with Crippen LogP contribution in [0.1, 0.15) is 17.9 Å². The lowest BCUT2D eigenvalue weighted by molar-refractivity contribution is -0.116. The molecule has 0 spiro atoms. The first-order valence-corrected chi connectivity index (χ1v) is 10.1. The lowest BCUT2D eigenvalue weighted by Crippen LogP contribution is -2.12. The summed E-state index contributed by atoms with van der Waals surface area (Å²) in [6.45, 7) is 2.01. The van der Waals surface area contributed by atoms with E-state index in [4.69, 9.17) is 9.26 Å². The molecule has 152 valence electrons. The van der Waals surface area contributed by atoms with Crippen molar-refractivity contribution in [3.63, 3.8) is 0 Å². The van der Waals surface area contributed by atoms with Gasteiger partial charge in [0, 0.05) is 41.7 Å². The van der Waals surface area contributed by atoms with Crippen molar-refractivity contribution in [3.8, 4) is 28.4 Å². The first kappa shape index (κ1) is 19.7. The Kier molecular flexibility index (Phi) is 5.80. The molecule has 0 aliphatic rings. The Morgan fingerprint density at radius 1 is 1.20 bits per heavy atom. The predicted octanol–water partition coefficient (Wildman–Crippen LogP) is 4.14. The summed E-state index contributed by atoms with van der Waals surface area (Å²) >= 11 is 1.36. The van der Waals surface area contributed by atoms with Gasteiger partial charge >= 0.3 is 0 Å². The third-order valence-electron chi connectivity index (χ3n) is 4.35. The van der Waals surface area contributed by atoms with E-state index in [0.29, 0.717) is 23.3 Å². The van der Waals surface area contributed by atoms with Crippen LogP contribution in [0.2, 0.25) is 0 Å². The van der Waals surface area contributed by atoms with E-state index < -0.39 is 0 Å². The fraction of sp³-hybridized carbons (Fsp3) is 0.190. The number of rotatable bonds is 7. The normalized spacial score (nSPS) is 10.7. The van der Waals surface area contributed by atoms with Crippen molar-refractivity contribution in [2.45, 2.75) is 19.8 Å². The number of carbonyl (C=O) groups excluding carboxylic acids is 1. The molecule has 8 nitrogen and oxygen atoms in total. The second-order valence-electron chi connectivity index (χ2n) is 6.54. The fourth-order valence-electron chi connectivity index (χ4n) is 2.85. The smallest absolute Gasteiger partial charge is 0.227 e. The molecule has 9 heteroatoms. The number of pyridine rings is 1. The molecule has 30 heavy (non-hydrogen) atoms. The number of aryl methyl sites for hydroxylation is 2. The van der Waals surface area contributed by atoms with Crippen LogP contribution in [-0.4, -0.2) is 33.1 Å². The van der Waals surface area contributed by atoms with E-state index in [1.165, 1.54) is 11.3 Å². The Morgan fingerprint density at radius 3 is 2.83 bits per heavy atom. The van der Waals surface area contributed by atoms with Gasteiger partial charge in [0.05, 0.1) is 12.8 Å². The van der Waals surface area contributed by atoms with Crippen molar-refractivity contribution in [1.29, 1.82) is 0 Å². The van der Waals surface area contributed by atoms with E-state index in [9.17, 15) is 4.79 Å². The van der Waals surface area contributed by atoms with E-state index in [2.05, 4.69) is 25.4 Å². The highest BCUT2D eigenvalue weighted by molar-refractivity contribution is 7.14. The zero-order valence-corrected chi connectivity index (χ0v) is 17.3. The highest BCUT2D eigenvalue weighted by Crippen LogP contribution is 2.33. The molecule has 1 N–H and O–H groups in total. The maximum atomic E-state index is 12.3. The predicted molar refractivity (Wildman–Crippen MR) is 113 cm³/mol. The number of aromatic nitrogens is 4.